The van der Waals surface area contributed by atoms with Crippen LogP contribution in [0.15, 0.2) is 23.6 Å². The Bertz CT molecular complexity index is 272. The SMILES string of the molecule is C/C=C(/C(=O)O)c1cccs1. The largest absolute Gasteiger partial charge is 0.478 e. The van der Waals surface area contributed by atoms with Gasteiger partial charge in [-0.15, -0.1) is 11.3 Å². The molecular formula is C8H8O2S. The molecule has 11 heavy (non-hydrogen) atoms. The number of hydrogen-bond acceptors (Lipinski definition) is 2. The highest BCUT2D eigenvalue weighted by Gasteiger charge is 2.08. The molecule has 0 aromatic carbocycles. The van der Waals surface area contributed by atoms with Crippen LogP contribution in [0.2, 0.25) is 0 Å². The van der Waals surface area contributed by atoms with Crippen molar-refractivity contribution in [3.8, 4) is 0 Å². The summed E-state index contributed by atoms with van der Waals surface area (Å²) in [5.41, 5.74) is 0.375. The maximum Gasteiger partial charge on any atom is 0.336 e. The number of thiophene rings is 1. The van der Waals surface area contributed by atoms with Gasteiger partial charge in [0.25, 0.3) is 0 Å². The van der Waals surface area contributed by atoms with Gasteiger partial charge >= 0.3 is 5.97 Å². The zero-order valence-electron chi connectivity index (χ0n) is 6.07. The highest BCUT2D eigenvalue weighted by Crippen LogP contribution is 2.19. The Balaban J connectivity index is 2.99. The summed E-state index contributed by atoms with van der Waals surface area (Å²) in [4.78, 5) is 11.4. The van der Waals surface area contributed by atoms with Crippen molar-refractivity contribution in [2.24, 2.45) is 0 Å². The first-order valence-corrected chi connectivity index (χ1v) is 4.07. The van der Waals surface area contributed by atoms with Crippen LogP contribution < -0.4 is 0 Å². The van der Waals surface area contributed by atoms with E-state index in [0.717, 1.165) is 4.88 Å². The molecule has 1 N–H and O–H groups in total. The molecule has 0 amide bonds. The minimum atomic E-state index is -0.866. The maximum absolute atomic E-state index is 10.6. The van der Waals surface area contributed by atoms with Crippen molar-refractivity contribution in [3.05, 3.63) is 28.5 Å². The molecule has 1 rings (SSSR count). The maximum atomic E-state index is 10.6. The molecule has 0 saturated carbocycles. The van der Waals surface area contributed by atoms with Crippen LogP contribution in [0.3, 0.4) is 0 Å². The van der Waals surface area contributed by atoms with Gasteiger partial charge in [0.15, 0.2) is 0 Å². The van der Waals surface area contributed by atoms with Crippen molar-refractivity contribution in [1.82, 2.24) is 0 Å². The molecule has 1 aromatic rings. The first-order valence-electron chi connectivity index (χ1n) is 3.19. The van der Waals surface area contributed by atoms with Crippen LogP contribution in [-0.2, 0) is 4.79 Å². The second-order valence-corrected chi connectivity index (χ2v) is 2.93. The average molecular weight is 168 g/mol. The summed E-state index contributed by atoms with van der Waals surface area (Å²) in [5.74, 6) is -0.866. The summed E-state index contributed by atoms with van der Waals surface area (Å²) in [6.45, 7) is 1.73. The Morgan fingerprint density at radius 2 is 2.45 bits per heavy atom. The first-order chi connectivity index (χ1) is 5.25. The minimum Gasteiger partial charge on any atom is -0.478 e. The summed E-state index contributed by atoms with van der Waals surface area (Å²) >= 11 is 1.43. The number of hydrogen-bond donors (Lipinski definition) is 1. The molecule has 0 spiro atoms. The molecule has 3 heteroatoms. The predicted octanol–water partition coefficient (Wildman–Crippen LogP) is 2.24. The van der Waals surface area contributed by atoms with Gasteiger partial charge in [-0.3, -0.25) is 0 Å². The molecule has 0 aliphatic heterocycles. The van der Waals surface area contributed by atoms with E-state index >= 15 is 0 Å². The van der Waals surface area contributed by atoms with Gasteiger partial charge in [-0.2, -0.15) is 0 Å². The van der Waals surface area contributed by atoms with E-state index in [4.69, 9.17) is 5.11 Å². The summed E-state index contributed by atoms with van der Waals surface area (Å²) in [5, 5.41) is 10.5. The van der Waals surface area contributed by atoms with Crippen molar-refractivity contribution in [3.63, 3.8) is 0 Å². The number of rotatable bonds is 2. The van der Waals surface area contributed by atoms with Crippen molar-refractivity contribution in [2.75, 3.05) is 0 Å². The van der Waals surface area contributed by atoms with Crippen molar-refractivity contribution in [2.45, 2.75) is 6.92 Å². The third kappa shape index (κ3) is 1.68. The second-order valence-electron chi connectivity index (χ2n) is 1.98. The Morgan fingerprint density at radius 3 is 2.82 bits per heavy atom. The molecule has 0 unspecified atom stereocenters. The summed E-state index contributed by atoms with van der Waals surface area (Å²) < 4.78 is 0. The lowest BCUT2D eigenvalue weighted by Crippen LogP contribution is -1.96. The van der Waals surface area contributed by atoms with E-state index in [2.05, 4.69) is 0 Å². The fourth-order valence-corrected chi connectivity index (χ4v) is 1.60. The zero-order chi connectivity index (χ0) is 8.27. The van der Waals surface area contributed by atoms with E-state index in [1.54, 1.807) is 19.1 Å². The van der Waals surface area contributed by atoms with Crippen molar-refractivity contribution >= 4 is 22.9 Å². The van der Waals surface area contributed by atoms with Crippen molar-refractivity contribution in [1.29, 1.82) is 0 Å². The number of aliphatic carboxylic acids is 1. The first kappa shape index (κ1) is 8.01. The molecule has 0 radical (unpaired) electrons. The Labute approximate surface area is 68.8 Å². The van der Waals surface area contributed by atoms with Crippen LogP contribution in [0.4, 0.5) is 0 Å². The van der Waals surface area contributed by atoms with Gasteiger partial charge in [-0.25, -0.2) is 4.79 Å². The average Bonchev–Trinajstić information content (AvgIpc) is 2.40. The minimum absolute atomic E-state index is 0.375. The molecule has 0 fully saturated rings. The van der Waals surface area contributed by atoms with Gasteiger partial charge in [0, 0.05) is 4.88 Å². The van der Waals surface area contributed by atoms with Crippen LogP contribution in [0.5, 0.6) is 0 Å². The highest BCUT2D eigenvalue weighted by atomic mass is 32.1. The van der Waals surface area contributed by atoms with Gasteiger partial charge in [0.2, 0.25) is 0 Å². The fraction of sp³-hybridized carbons (Fsp3) is 0.125. The topological polar surface area (TPSA) is 37.3 Å². The van der Waals surface area contributed by atoms with Crippen LogP contribution in [-0.4, -0.2) is 11.1 Å². The van der Waals surface area contributed by atoms with Gasteiger partial charge in [-0.1, -0.05) is 12.1 Å². The molecular weight excluding hydrogens is 160 g/mol. The molecule has 0 saturated heterocycles. The number of carbonyl (C=O) groups is 1. The predicted molar refractivity (Wildman–Crippen MR) is 45.6 cm³/mol. The molecule has 0 bridgehead atoms. The zero-order valence-corrected chi connectivity index (χ0v) is 6.89. The third-order valence-corrected chi connectivity index (χ3v) is 2.21. The van der Waals surface area contributed by atoms with E-state index in [0.29, 0.717) is 5.57 Å². The third-order valence-electron chi connectivity index (χ3n) is 1.31. The molecule has 58 valence electrons. The Morgan fingerprint density at radius 1 is 1.73 bits per heavy atom. The lowest BCUT2D eigenvalue weighted by molar-refractivity contribution is -0.130. The Hall–Kier alpha value is -1.09. The van der Waals surface area contributed by atoms with Crippen LogP contribution >= 0.6 is 11.3 Å². The fourth-order valence-electron chi connectivity index (χ4n) is 0.803. The lowest BCUT2D eigenvalue weighted by atomic mass is 10.2. The van der Waals surface area contributed by atoms with E-state index < -0.39 is 5.97 Å². The molecule has 0 aliphatic carbocycles. The van der Waals surface area contributed by atoms with E-state index in [-0.39, 0.29) is 0 Å². The summed E-state index contributed by atoms with van der Waals surface area (Å²) in [7, 11) is 0. The van der Waals surface area contributed by atoms with Crippen LogP contribution in [0, 0.1) is 0 Å². The lowest BCUT2D eigenvalue weighted by Gasteiger charge is -1.94. The van der Waals surface area contributed by atoms with Crippen molar-refractivity contribution < 1.29 is 9.90 Å². The molecule has 0 aliphatic rings. The summed E-state index contributed by atoms with van der Waals surface area (Å²) in [6, 6.07) is 3.64. The van der Waals surface area contributed by atoms with Gasteiger partial charge in [0.05, 0.1) is 5.57 Å². The number of carboxylic acid groups (broad SMARTS) is 1. The monoisotopic (exact) mass is 168 g/mol. The van der Waals surface area contributed by atoms with E-state index in [1.165, 1.54) is 11.3 Å². The van der Waals surface area contributed by atoms with Crippen LogP contribution in [0.1, 0.15) is 11.8 Å². The quantitative estimate of drug-likeness (QED) is 0.687. The van der Waals surface area contributed by atoms with Gasteiger partial charge < -0.3 is 5.11 Å². The standard InChI is InChI=1S/C8H8O2S/c1-2-6(8(9)10)7-4-3-5-11-7/h2-5H,1H3,(H,9,10)/b6-2+. The van der Waals surface area contributed by atoms with Crippen LogP contribution in [0.25, 0.3) is 5.57 Å². The second kappa shape index (κ2) is 3.34. The van der Waals surface area contributed by atoms with E-state index in [1.807, 2.05) is 11.4 Å². The molecule has 2 nitrogen and oxygen atoms in total. The molecule has 1 heterocycles. The normalized spacial score (nSPS) is 11.5. The molecule has 0 atom stereocenters. The van der Waals surface area contributed by atoms with E-state index in [9.17, 15) is 4.79 Å². The smallest absolute Gasteiger partial charge is 0.336 e. The van der Waals surface area contributed by atoms with Gasteiger partial charge in [-0.05, 0) is 18.4 Å². The Kier molecular flexibility index (Phi) is 2.44. The highest BCUT2D eigenvalue weighted by molar-refractivity contribution is 7.11. The van der Waals surface area contributed by atoms with Gasteiger partial charge in [0.1, 0.15) is 0 Å². The molecule has 1 aromatic heterocycles. The number of carboxylic acids is 1. The summed E-state index contributed by atoms with van der Waals surface area (Å²) in [6.07, 6.45) is 1.61. The number of allylic oxidation sites excluding steroid dienone is 1.